The van der Waals surface area contributed by atoms with E-state index in [0.29, 0.717) is 16.4 Å². The number of carbonyl (C=O) groups is 1. The number of benzene rings is 1. The molecule has 5 nitrogen and oxygen atoms in total. The topological polar surface area (TPSA) is 59.4 Å². The number of ether oxygens (including phenoxy) is 1. The molecule has 0 aliphatic heterocycles. The summed E-state index contributed by atoms with van der Waals surface area (Å²) in [5, 5.41) is 3.31. The smallest absolute Gasteiger partial charge is 0.338 e. The maximum absolute atomic E-state index is 12.4. The van der Waals surface area contributed by atoms with Crippen LogP contribution in [0, 0.1) is 13.8 Å². The zero-order chi connectivity index (χ0) is 16.8. The third-order valence-corrected chi connectivity index (χ3v) is 5.26. The molecule has 24 heavy (non-hydrogen) atoms. The molecule has 4 aromatic rings. The number of aromatic nitrogens is 3. The van der Waals surface area contributed by atoms with Gasteiger partial charge in [0, 0.05) is 28.2 Å². The number of hydrogen-bond donors (Lipinski definition) is 1. The molecule has 0 radical (unpaired) electrons. The number of carbonyl (C=O) groups excluding carboxylic acids is 1. The molecule has 0 spiro atoms. The summed E-state index contributed by atoms with van der Waals surface area (Å²) in [6, 6.07) is 5.52. The van der Waals surface area contributed by atoms with Gasteiger partial charge in [-0.25, -0.2) is 9.78 Å². The number of fused-ring (bicyclic) bond motifs is 2. The second-order valence-electron chi connectivity index (χ2n) is 5.62. The quantitative estimate of drug-likeness (QED) is 0.548. The highest BCUT2D eigenvalue weighted by Crippen LogP contribution is 2.24. The van der Waals surface area contributed by atoms with Crippen molar-refractivity contribution in [2.45, 2.75) is 20.5 Å². The first-order valence-electron chi connectivity index (χ1n) is 7.40. The fourth-order valence-corrected chi connectivity index (χ4v) is 3.75. The van der Waals surface area contributed by atoms with Gasteiger partial charge in [-0.15, -0.1) is 11.3 Å². The Morgan fingerprint density at radius 2 is 2.25 bits per heavy atom. The van der Waals surface area contributed by atoms with Crippen LogP contribution in [0.4, 0.5) is 0 Å². The lowest BCUT2D eigenvalue weighted by atomic mass is 10.1. The molecule has 0 saturated heterocycles. The first kappa shape index (κ1) is 15.2. The van der Waals surface area contributed by atoms with Gasteiger partial charge in [0.2, 0.25) is 0 Å². The predicted octanol–water partition coefficient (Wildman–Crippen LogP) is 4.50. The van der Waals surface area contributed by atoms with E-state index in [0.717, 1.165) is 27.1 Å². The van der Waals surface area contributed by atoms with Gasteiger partial charge >= 0.3 is 5.97 Å². The molecule has 4 rings (SSSR count). The number of aryl methyl sites for hydroxylation is 2. The molecule has 0 unspecified atom stereocenters. The molecular weight excluding hydrogens is 346 g/mol. The maximum Gasteiger partial charge on any atom is 0.338 e. The van der Waals surface area contributed by atoms with Crippen LogP contribution in [0.2, 0.25) is 5.15 Å². The molecule has 0 bridgehead atoms. The number of halogens is 1. The molecule has 1 N–H and O–H groups in total. The average molecular weight is 360 g/mol. The van der Waals surface area contributed by atoms with Gasteiger partial charge < -0.3 is 9.72 Å². The van der Waals surface area contributed by atoms with E-state index in [2.05, 4.69) is 9.97 Å². The SMILES string of the molecule is Cc1[nH]c2ccc(C(=O)OCc3c(Cl)nc4sccn34)cc2c1C. The Morgan fingerprint density at radius 3 is 3.08 bits per heavy atom. The average Bonchev–Trinajstić information content (AvgIpc) is 3.20. The lowest BCUT2D eigenvalue weighted by molar-refractivity contribution is 0.0467. The zero-order valence-corrected chi connectivity index (χ0v) is 14.7. The molecular formula is C17H14ClN3O2S. The van der Waals surface area contributed by atoms with E-state index in [1.807, 2.05) is 42.0 Å². The van der Waals surface area contributed by atoms with Gasteiger partial charge in [0.25, 0.3) is 0 Å². The van der Waals surface area contributed by atoms with E-state index in [9.17, 15) is 4.79 Å². The molecule has 0 fully saturated rings. The van der Waals surface area contributed by atoms with Gasteiger partial charge in [-0.05, 0) is 37.6 Å². The van der Waals surface area contributed by atoms with Crippen LogP contribution in [0.5, 0.6) is 0 Å². The van der Waals surface area contributed by atoms with Gasteiger partial charge in [-0.1, -0.05) is 11.6 Å². The standard InChI is InChI=1S/C17H14ClN3O2S/c1-9-10(2)19-13-4-3-11(7-12(9)13)16(22)23-8-14-15(18)20-17-21(14)5-6-24-17/h3-7,19H,8H2,1-2H3. The van der Waals surface area contributed by atoms with E-state index in [4.69, 9.17) is 16.3 Å². The summed E-state index contributed by atoms with van der Waals surface area (Å²) in [5.74, 6) is -0.378. The van der Waals surface area contributed by atoms with Crippen LogP contribution in [0.15, 0.2) is 29.8 Å². The van der Waals surface area contributed by atoms with Gasteiger partial charge in [0.1, 0.15) is 6.61 Å². The number of thiazole rings is 1. The van der Waals surface area contributed by atoms with Crippen LogP contribution in [-0.4, -0.2) is 20.3 Å². The van der Waals surface area contributed by atoms with Crippen molar-refractivity contribution in [2.75, 3.05) is 0 Å². The van der Waals surface area contributed by atoms with Crippen LogP contribution in [0.1, 0.15) is 27.3 Å². The normalized spacial score (nSPS) is 11.5. The second kappa shape index (κ2) is 5.65. The Hall–Kier alpha value is -2.31. The lowest BCUT2D eigenvalue weighted by Gasteiger charge is -2.05. The third-order valence-electron chi connectivity index (χ3n) is 4.20. The highest BCUT2D eigenvalue weighted by atomic mass is 35.5. The number of imidazole rings is 1. The van der Waals surface area contributed by atoms with Crippen LogP contribution in [0.3, 0.4) is 0 Å². The Morgan fingerprint density at radius 1 is 1.42 bits per heavy atom. The molecule has 3 heterocycles. The van der Waals surface area contributed by atoms with Crippen LogP contribution in [-0.2, 0) is 11.3 Å². The molecule has 0 amide bonds. The summed E-state index contributed by atoms with van der Waals surface area (Å²) in [6.07, 6.45) is 1.86. The maximum atomic E-state index is 12.4. The van der Waals surface area contributed by atoms with E-state index >= 15 is 0 Å². The number of esters is 1. The Balaban J connectivity index is 1.59. The molecule has 0 aliphatic carbocycles. The minimum atomic E-state index is -0.378. The molecule has 0 saturated carbocycles. The molecule has 122 valence electrons. The van der Waals surface area contributed by atoms with Crippen molar-refractivity contribution in [2.24, 2.45) is 0 Å². The molecule has 1 aromatic carbocycles. The van der Waals surface area contributed by atoms with Crippen LogP contribution < -0.4 is 0 Å². The molecule has 7 heteroatoms. The van der Waals surface area contributed by atoms with Gasteiger partial charge in [-0.2, -0.15) is 0 Å². The third kappa shape index (κ3) is 2.39. The van der Waals surface area contributed by atoms with E-state index in [-0.39, 0.29) is 12.6 Å². The number of aromatic amines is 1. The Bertz CT molecular complexity index is 1080. The highest BCUT2D eigenvalue weighted by molar-refractivity contribution is 7.15. The van der Waals surface area contributed by atoms with Gasteiger partial charge in [0.05, 0.1) is 11.3 Å². The molecule has 0 atom stereocenters. The lowest BCUT2D eigenvalue weighted by Crippen LogP contribution is -2.06. The number of hydrogen-bond acceptors (Lipinski definition) is 4. The largest absolute Gasteiger partial charge is 0.456 e. The Labute approximate surface area is 146 Å². The van der Waals surface area contributed by atoms with E-state index < -0.39 is 0 Å². The summed E-state index contributed by atoms with van der Waals surface area (Å²) in [5.41, 5.74) is 4.45. The van der Waals surface area contributed by atoms with Crippen molar-refractivity contribution in [1.29, 1.82) is 0 Å². The first-order valence-corrected chi connectivity index (χ1v) is 8.66. The second-order valence-corrected chi connectivity index (χ2v) is 6.85. The monoisotopic (exact) mass is 359 g/mol. The number of nitrogens with zero attached hydrogens (tertiary/aromatic N) is 2. The summed E-state index contributed by atoms with van der Waals surface area (Å²) < 4.78 is 7.27. The van der Waals surface area contributed by atoms with Gasteiger partial charge in [-0.3, -0.25) is 4.40 Å². The molecule has 0 aliphatic rings. The van der Waals surface area contributed by atoms with Crippen molar-refractivity contribution in [3.63, 3.8) is 0 Å². The van der Waals surface area contributed by atoms with Crippen molar-refractivity contribution in [1.82, 2.24) is 14.4 Å². The van der Waals surface area contributed by atoms with E-state index in [1.165, 1.54) is 11.3 Å². The zero-order valence-electron chi connectivity index (χ0n) is 13.1. The van der Waals surface area contributed by atoms with Crippen molar-refractivity contribution < 1.29 is 9.53 Å². The van der Waals surface area contributed by atoms with E-state index in [1.54, 1.807) is 6.07 Å². The number of H-pyrrole nitrogens is 1. The Kier molecular flexibility index (Phi) is 3.58. The summed E-state index contributed by atoms with van der Waals surface area (Å²) in [6.45, 7) is 4.13. The summed E-state index contributed by atoms with van der Waals surface area (Å²) in [4.78, 5) is 20.7. The molecule has 3 aromatic heterocycles. The van der Waals surface area contributed by atoms with Crippen molar-refractivity contribution in [3.05, 3.63) is 57.4 Å². The fourth-order valence-electron chi connectivity index (χ4n) is 2.74. The predicted molar refractivity (Wildman–Crippen MR) is 95.0 cm³/mol. The fraction of sp³-hybridized carbons (Fsp3) is 0.176. The van der Waals surface area contributed by atoms with Crippen LogP contribution >= 0.6 is 22.9 Å². The summed E-state index contributed by atoms with van der Waals surface area (Å²) in [7, 11) is 0. The first-order chi connectivity index (χ1) is 11.5. The summed E-state index contributed by atoms with van der Waals surface area (Å²) >= 11 is 7.60. The number of rotatable bonds is 3. The highest BCUT2D eigenvalue weighted by Gasteiger charge is 2.15. The minimum Gasteiger partial charge on any atom is -0.456 e. The number of nitrogens with one attached hydrogen (secondary N) is 1. The van der Waals surface area contributed by atoms with Crippen LogP contribution in [0.25, 0.3) is 15.9 Å². The van der Waals surface area contributed by atoms with Gasteiger partial charge in [0.15, 0.2) is 10.1 Å². The minimum absolute atomic E-state index is 0.0821. The van der Waals surface area contributed by atoms with Crippen molar-refractivity contribution in [3.8, 4) is 0 Å². The van der Waals surface area contributed by atoms with Crippen molar-refractivity contribution >= 4 is 44.8 Å².